The summed E-state index contributed by atoms with van der Waals surface area (Å²) < 4.78 is 38.3. The average Bonchev–Trinajstić information content (AvgIpc) is 2.61. The third kappa shape index (κ3) is 6.91. The van der Waals surface area contributed by atoms with Gasteiger partial charge in [-0.1, -0.05) is 30.3 Å². The van der Waals surface area contributed by atoms with Gasteiger partial charge in [-0.3, -0.25) is 19.7 Å². The number of hydrogen-bond donors (Lipinski definition) is 2. The maximum absolute atomic E-state index is 12.8. The van der Waals surface area contributed by atoms with Gasteiger partial charge >= 0.3 is 12.1 Å². The Labute approximate surface area is 163 Å². The number of amides is 1. The first kappa shape index (κ1) is 21.9. The summed E-state index contributed by atoms with van der Waals surface area (Å²) in [6.07, 6.45) is -5.20. The number of nitro benzene ring substituents is 1. The van der Waals surface area contributed by atoms with E-state index in [4.69, 9.17) is 5.11 Å². The van der Waals surface area contributed by atoms with Gasteiger partial charge in [0.2, 0.25) is 5.91 Å². The highest BCUT2D eigenvalue weighted by Gasteiger charge is 2.30. The smallest absolute Gasteiger partial charge is 0.416 e. The van der Waals surface area contributed by atoms with Gasteiger partial charge in [-0.05, 0) is 23.6 Å². The van der Waals surface area contributed by atoms with E-state index in [2.05, 4.69) is 5.32 Å². The third-order valence-electron chi connectivity index (χ3n) is 4.03. The topological polar surface area (TPSA) is 110 Å². The number of non-ortho nitro benzene ring substituents is 1. The number of carboxylic acid groups (broad SMARTS) is 1. The van der Waals surface area contributed by atoms with Crippen molar-refractivity contribution in [1.82, 2.24) is 5.32 Å². The summed E-state index contributed by atoms with van der Waals surface area (Å²) in [6.45, 7) is 0. The molecule has 154 valence electrons. The first-order chi connectivity index (χ1) is 13.5. The van der Waals surface area contributed by atoms with Gasteiger partial charge < -0.3 is 10.4 Å². The molecule has 7 nitrogen and oxygen atoms in total. The third-order valence-corrected chi connectivity index (χ3v) is 4.03. The highest BCUT2D eigenvalue weighted by atomic mass is 19.4. The van der Waals surface area contributed by atoms with Gasteiger partial charge in [-0.25, -0.2) is 0 Å². The predicted molar refractivity (Wildman–Crippen MR) is 96.1 cm³/mol. The quantitative estimate of drug-likeness (QED) is 0.512. The van der Waals surface area contributed by atoms with E-state index in [9.17, 15) is 32.9 Å². The van der Waals surface area contributed by atoms with E-state index in [-0.39, 0.29) is 24.1 Å². The second-order valence-corrected chi connectivity index (χ2v) is 6.36. The van der Waals surface area contributed by atoms with Gasteiger partial charge in [0, 0.05) is 18.2 Å². The maximum Gasteiger partial charge on any atom is 0.416 e. The molecule has 2 aromatic rings. The predicted octanol–water partition coefficient (Wildman–Crippen LogP) is 3.36. The Morgan fingerprint density at radius 1 is 1.10 bits per heavy atom. The minimum Gasteiger partial charge on any atom is -0.481 e. The van der Waals surface area contributed by atoms with Crippen molar-refractivity contribution in [2.24, 2.45) is 0 Å². The van der Waals surface area contributed by atoms with Crippen LogP contribution >= 0.6 is 0 Å². The molecule has 0 bridgehead atoms. The summed E-state index contributed by atoms with van der Waals surface area (Å²) in [7, 11) is 0. The zero-order valence-corrected chi connectivity index (χ0v) is 15.0. The fourth-order valence-corrected chi connectivity index (χ4v) is 2.74. The summed E-state index contributed by atoms with van der Waals surface area (Å²) in [5, 5.41) is 22.2. The number of halogens is 3. The number of carbonyl (C=O) groups is 2. The lowest BCUT2D eigenvalue weighted by atomic mass is 10.0. The Hall–Kier alpha value is -3.43. The van der Waals surface area contributed by atoms with Gasteiger partial charge in [-0.2, -0.15) is 13.2 Å². The maximum atomic E-state index is 12.8. The molecular weight excluding hydrogens is 393 g/mol. The lowest BCUT2D eigenvalue weighted by Gasteiger charge is -2.17. The number of nitrogens with zero attached hydrogens (tertiary/aromatic N) is 1. The van der Waals surface area contributed by atoms with Crippen molar-refractivity contribution >= 4 is 17.6 Å². The van der Waals surface area contributed by atoms with Gasteiger partial charge in [0.25, 0.3) is 5.69 Å². The van der Waals surface area contributed by atoms with Gasteiger partial charge in [0.1, 0.15) is 0 Å². The molecule has 2 N–H and O–H groups in total. The fraction of sp³-hybridized carbons (Fsp3) is 0.263. The van der Waals surface area contributed by atoms with Crippen molar-refractivity contribution in [3.05, 3.63) is 75.3 Å². The lowest BCUT2D eigenvalue weighted by Crippen LogP contribution is -2.39. The largest absolute Gasteiger partial charge is 0.481 e. The van der Waals surface area contributed by atoms with Crippen LogP contribution in [0.3, 0.4) is 0 Å². The number of hydrogen-bond acceptors (Lipinski definition) is 4. The van der Waals surface area contributed by atoms with Crippen molar-refractivity contribution in [2.75, 3.05) is 0 Å². The normalized spacial score (nSPS) is 12.2. The number of nitro groups is 1. The molecule has 0 aliphatic rings. The van der Waals surface area contributed by atoms with Crippen LogP contribution in [0.5, 0.6) is 0 Å². The molecule has 0 saturated carbocycles. The summed E-state index contributed by atoms with van der Waals surface area (Å²) in [6, 6.07) is 8.92. The van der Waals surface area contributed by atoms with E-state index in [1.54, 1.807) is 0 Å². The van der Waals surface area contributed by atoms with Crippen molar-refractivity contribution in [3.63, 3.8) is 0 Å². The zero-order valence-electron chi connectivity index (χ0n) is 15.0. The van der Waals surface area contributed by atoms with Crippen LogP contribution in [-0.2, 0) is 28.6 Å². The molecule has 10 heteroatoms. The average molecular weight is 410 g/mol. The number of rotatable bonds is 8. The van der Waals surface area contributed by atoms with Crippen LogP contribution < -0.4 is 5.32 Å². The van der Waals surface area contributed by atoms with Crippen molar-refractivity contribution in [2.45, 2.75) is 31.5 Å². The van der Waals surface area contributed by atoms with Gasteiger partial charge in [0.15, 0.2) is 0 Å². The van der Waals surface area contributed by atoms with Crippen LogP contribution in [0, 0.1) is 10.1 Å². The van der Waals surface area contributed by atoms with E-state index < -0.39 is 41.0 Å². The van der Waals surface area contributed by atoms with E-state index in [0.29, 0.717) is 5.56 Å². The van der Waals surface area contributed by atoms with Gasteiger partial charge in [-0.15, -0.1) is 0 Å². The number of benzene rings is 2. The molecule has 2 rings (SSSR count). The number of carbonyl (C=O) groups excluding carboxylic acids is 1. The van der Waals surface area contributed by atoms with Crippen molar-refractivity contribution in [1.29, 1.82) is 0 Å². The standard InChI is InChI=1S/C19H17F3N2O5/c20-19(21,22)14-3-1-2-13(8-14)10-17(25)23-15(11-18(26)27)9-12-4-6-16(7-5-12)24(28)29/h1-8,15H,9-11H2,(H,23,25)(H,26,27)/t15-/m0/s1. The van der Waals surface area contributed by atoms with Crippen LogP contribution in [-0.4, -0.2) is 27.9 Å². The number of alkyl halides is 3. The van der Waals surface area contributed by atoms with E-state index >= 15 is 0 Å². The molecule has 29 heavy (non-hydrogen) atoms. The molecule has 1 amide bonds. The lowest BCUT2D eigenvalue weighted by molar-refractivity contribution is -0.384. The molecule has 0 heterocycles. The molecule has 2 aromatic carbocycles. The molecule has 1 atom stereocenters. The molecule has 0 aliphatic heterocycles. The molecule has 0 radical (unpaired) electrons. The minimum atomic E-state index is -4.53. The summed E-state index contributed by atoms with van der Waals surface area (Å²) >= 11 is 0. The van der Waals surface area contributed by atoms with Crippen molar-refractivity contribution in [3.8, 4) is 0 Å². The molecule has 0 fully saturated rings. The Balaban J connectivity index is 2.06. The first-order valence-electron chi connectivity index (χ1n) is 8.45. The number of nitrogens with one attached hydrogen (secondary N) is 1. The monoisotopic (exact) mass is 410 g/mol. The second-order valence-electron chi connectivity index (χ2n) is 6.36. The highest BCUT2D eigenvalue weighted by Crippen LogP contribution is 2.29. The molecule has 0 aromatic heterocycles. The zero-order chi connectivity index (χ0) is 21.6. The molecule has 0 aliphatic carbocycles. The fourth-order valence-electron chi connectivity index (χ4n) is 2.74. The van der Waals surface area contributed by atoms with E-state index in [1.807, 2.05) is 0 Å². The summed E-state index contributed by atoms with van der Waals surface area (Å²) in [5.41, 5.74) is -0.296. The van der Waals surface area contributed by atoms with E-state index in [0.717, 1.165) is 12.1 Å². The minimum absolute atomic E-state index is 0.0959. The van der Waals surface area contributed by atoms with Crippen LogP contribution in [0.4, 0.5) is 18.9 Å². The van der Waals surface area contributed by atoms with Crippen molar-refractivity contribution < 1.29 is 32.8 Å². The Morgan fingerprint density at radius 3 is 2.31 bits per heavy atom. The number of carboxylic acids is 1. The molecular formula is C19H17F3N2O5. The molecule has 0 spiro atoms. The van der Waals surface area contributed by atoms with Crippen LogP contribution in [0.15, 0.2) is 48.5 Å². The van der Waals surface area contributed by atoms with Crippen LogP contribution in [0.2, 0.25) is 0 Å². The second kappa shape index (κ2) is 9.18. The summed E-state index contributed by atoms with van der Waals surface area (Å²) in [5.74, 6) is -1.80. The van der Waals surface area contributed by atoms with Crippen LogP contribution in [0.25, 0.3) is 0 Å². The molecule has 0 unspecified atom stereocenters. The van der Waals surface area contributed by atoms with Crippen LogP contribution in [0.1, 0.15) is 23.1 Å². The molecule has 0 saturated heterocycles. The SMILES string of the molecule is O=C(O)C[C@H](Cc1ccc([N+](=O)[O-])cc1)NC(=O)Cc1cccc(C(F)(F)F)c1. The Morgan fingerprint density at radius 2 is 1.76 bits per heavy atom. The van der Waals surface area contributed by atoms with E-state index in [1.165, 1.54) is 36.4 Å². The van der Waals surface area contributed by atoms with Gasteiger partial charge in [0.05, 0.1) is 23.3 Å². The Kier molecular flexibility index (Phi) is 6.92. The number of aliphatic carboxylic acids is 1. The Bertz CT molecular complexity index is 897. The highest BCUT2D eigenvalue weighted by molar-refractivity contribution is 5.79. The summed E-state index contributed by atoms with van der Waals surface area (Å²) in [4.78, 5) is 33.4. The first-order valence-corrected chi connectivity index (χ1v) is 8.45.